The molecule has 3 rings (SSSR count). The van der Waals surface area contributed by atoms with Crippen LogP contribution < -0.4 is 0 Å². The Bertz CT molecular complexity index is 716. The molecular weight excluding hydrogens is 336 g/mol. The van der Waals surface area contributed by atoms with Crippen molar-refractivity contribution in [2.24, 2.45) is 5.92 Å². The van der Waals surface area contributed by atoms with Crippen molar-refractivity contribution in [3.8, 4) is 0 Å². The van der Waals surface area contributed by atoms with Gasteiger partial charge < -0.3 is 4.90 Å². The van der Waals surface area contributed by atoms with Crippen LogP contribution in [0.25, 0.3) is 0 Å². The highest BCUT2D eigenvalue weighted by atomic mass is 35.5. The van der Waals surface area contributed by atoms with Crippen molar-refractivity contribution >= 4 is 27.5 Å². The summed E-state index contributed by atoms with van der Waals surface area (Å²) in [6.45, 7) is 4.52. The molecule has 5 nitrogen and oxygen atoms in total. The van der Waals surface area contributed by atoms with E-state index >= 15 is 0 Å². The SMILES string of the molecule is CC1CCCN(S(=O)(=O)c2cc(C(=O)N3CCC3)ccc2Cl)C1. The number of amides is 1. The van der Waals surface area contributed by atoms with Crippen LogP contribution >= 0.6 is 11.6 Å². The van der Waals surface area contributed by atoms with E-state index in [9.17, 15) is 13.2 Å². The van der Waals surface area contributed by atoms with Crippen molar-refractivity contribution in [2.45, 2.75) is 31.1 Å². The lowest BCUT2D eigenvalue weighted by molar-refractivity contribution is 0.0651. The molecule has 126 valence electrons. The molecule has 0 bridgehead atoms. The highest BCUT2D eigenvalue weighted by molar-refractivity contribution is 7.89. The average Bonchev–Trinajstić information content (AvgIpc) is 2.45. The first kappa shape index (κ1) is 16.7. The second-order valence-corrected chi connectivity index (χ2v) is 8.71. The fourth-order valence-corrected chi connectivity index (χ4v) is 5.14. The normalized spacial score (nSPS) is 22.7. The molecule has 1 atom stereocenters. The lowest BCUT2D eigenvalue weighted by atomic mass is 10.0. The van der Waals surface area contributed by atoms with Crippen LogP contribution in [0.15, 0.2) is 23.1 Å². The summed E-state index contributed by atoms with van der Waals surface area (Å²) in [5.41, 5.74) is 0.387. The van der Waals surface area contributed by atoms with Crippen molar-refractivity contribution in [2.75, 3.05) is 26.2 Å². The maximum Gasteiger partial charge on any atom is 0.253 e. The molecule has 0 aromatic heterocycles. The first-order valence-electron chi connectivity index (χ1n) is 7.98. The Labute approximate surface area is 142 Å². The van der Waals surface area contributed by atoms with E-state index in [2.05, 4.69) is 0 Å². The third kappa shape index (κ3) is 3.25. The molecule has 0 spiro atoms. The highest BCUT2D eigenvalue weighted by Crippen LogP contribution is 2.29. The van der Waals surface area contributed by atoms with E-state index in [4.69, 9.17) is 11.6 Å². The van der Waals surface area contributed by atoms with E-state index < -0.39 is 10.0 Å². The predicted molar refractivity (Wildman–Crippen MR) is 89.1 cm³/mol. The molecule has 2 aliphatic rings. The number of carbonyl (C=O) groups excluding carboxylic acids is 1. The number of halogens is 1. The van der Waals surface area contributed by atoms with Gasteiger partial charge in [0.2, 0.25) is 10.0 Å². The van der Waals surface area contributed by atoms with Crippen molar-refractivity contribution in [3.05, 3.63) is 28.8 Å². The van der Waals surface area contributed by atoms with Crippen LogP contribution in [0.1, 0.15) is 36.5 Å². The zero-order chi connectivity index (χ0) is 16.6. The Kier molecular flexibility index (Phi) is 4.67. The van der Waals surface area contributed by atoms with E-state index in [0.717, 1.165) is 32.4 Å². The lowest BCUT2D eigenvalue weighted by Gasteiger charge is -2.32. The Balaban J connectivity index is 1.92. The van der Waals surface area contributed by atoms with Gasteiger partial charge >= 0.3 is 0 Å². The molecule has 1 unspecified atom stereocenters. The predicted octanol–water partition coefficient (Wildman–Crippen LogP) is 2.61. The molecule has 0 aliphatic carbocycles. The molecule has 23 heavy (non-hydrogen) atoms. The molecule has 2 saturated heterocycles. The van der Waals surface area contributed by atoms with Crippen LogP contribution in [-0.4, -0.2) is 49.7 Å². The number of hydrogen-bond donors (Lipinski definition) is 0. The zero-order valence-electron chi connectivity index (χ0n) is 13.2. The quantitative estimate of drug-likeness (QED) is 0.836. The van der Waals surface area contributed by atoms with Gasteiger partial charge in [0, 0.05) is 31.7 Å². The fourth-order valence-electron chi connectivity index (χ4n) is 3.04. The summed E-state index contributed by atoms with van der Waals surface area (Å²) in [6, 6.07) is 4.53. The maximum atomic E-state index is 12.9. The number of rotatable bonds is 3. The van der Waals surface area contributed by atoms with Crippen LogP contribution in [0.5, 0.6) is 0 Å². The zero-order valence-corrected chi connectivity index (χ0v) is 14.7. The summed E-state index contributed by atoms with van der Waals surface area (Å²) >= 11 is 6.14. The van der Waals surface area contributed by atoms with Gasteiger partial charge in [-0.1, -0.05) is 18.5 Å². The molecular formula is C16H21ClN2O3S. The van der Waals surface area contributed by atoms with Gasteiger partial charge in [0.1, 0.15) is 4.90 Å². The van der Waals surface area contributed by atoms with Gasteiger partial charge in [0.25, 0.3) is 5.91 Å². The third-order valence-electron chi connectivity index (χ3n) is 4.56. The molecule has 1 aromatic rings. The first-order chi connectivity index (χ1) is 10.9. The molecule has 0 radical (unpaired) electrons. The van der Waals surface area contributed by atoms with E-state index in [1.165, 1.54) is 16.4 Å². The Morgan fingerprint density at radius 3 is 2.57 bits per heavy atom. The molecule has 2 heterocycles. The molecule has 1 aromatic carbocycles. The van der Waals surface area contributed by atoms with Gasteiger partial charge in [-0.3, -0.25) is 4.79 Å². The highest BCUT2D eigenvalue weighted by Gasteiger charge is 2.31. The van der Waals surface area contributed by atoms with Crippen LogP contribution in [0.3, 0.4) is 0 Å². The smallest absolute Gasteiger partial charge is 0.253 e. The number of hydrogen-bond acceptors (Lipinski definition) is 3. The Morgan fingerprint density at radius 1 is 1.22 bits per heavy atom. The number of piperidine rings is 1. The van der Waals surface area contributed by atoms with E-state index in [1.807, 2.05) is 6.92 Å². The molecule has 2 fully saturated rings. The van der Waals surface area contributed by atoms with Crippen LogP contribution in [0, 0.1) is 5.92 Å². The van der Waals surface area contributed by atoms with Crippen molar-refractivity contribution in [1.82, 2.24) is 9.21 Å². The summed E-state index contributed by atoms with van der Waals surface area (Å²) in [5, 5.41) is 0.170. The first-order valence-corrected chi connectivity index (χ1v) is 9.80. The molecule has 0 N–H and O–H groups in total. The maximum absolute atomic E-state index is 12.9. The fraction of sp³-hybridized carbons (Fsp3) is 0.562. The standard InChI is InChI=1S/C16H21ClN2O3S/c1-12-4-2-9-19(11-12)23(21,22)15-10-13(5-6-14(15)17)16(20)18-7-3-8-18/h5-6,10,12H,2-4,7-9,11H2,1H3. The average molecular weight is 357 g/mol. The van der Waals surface area contributed by atoms with Gasteiger partial charge in [-0.05, 0) is 43.4 Å². The van der Waals surface area contributed by atoms with Crippen LogP contribution in [0.4, 0.5) is 0 Å². The topological polar surface area (TPSA) is 57.7 Å². The van der Waals surface area contributed by atoms with Crippen molar-refractivity contribution in [3.63, 3.8) is 0 Å². The molecule has 2 aliphatic heterocycles. The van der Waals surface area contributed by atoms with E-state index in [1.54, 1.807) is 11.0 Å². The van der Waals surface area contributed by atoms with Crippen molar-refractivity contribution < 1.29 is 13.2 Å². The van der Waals surface area contributed by atoms with Crippen molar-refractivity contribution in [1.29, 1.82) is 0 Å². The third-order valence-corrected chi connectivity index (χ3v) is 6.91. The van der Waals surface area contributed by atoms with Gasteiger partial charge in [-0.2, -0.15) is 4.31 Å². The second kappa shape index (κ2) is 6.42. The molecule has 7 heteroatoms. The van der Waals surface area contributed by atoms with E-state index in [-0.39, 0.29) is 15.8 Å². The minimum Gasteiger partial charge on any atom is -0.339 e. The van der Waals surface area contributed by atoms with Gasteiger partial charge in [-0.15, -0.1) is 0 Å². The van der Waals surface area contributed by atoms with E-state index in [0.29, 0.717) is 24.6 Å². The number of carbonyl (C=O) groups is 1. The number of sulfonamides is 1. The Hall–Kier alpha value is -1.11. The summed E-state index contributed by atoms with van der Waals surface area (Å²) in [7, 11) is -3.67. The van der Waals surface area contributed by atoms with Gasteiger partial charge in [-0.25, -0.2) is 8.42 Å². The second-order valence-electron chi connectivity index (χ2n) is 6.40. The summed E-state index contributed by atoms with van der Waals surface area (Å²) in [4.78, 5) is 14.1. The number of benzene rings is 1. The van der Waals surface area contributed by atoms with Crippen LogP contribution in [0.2, 0.25) is 5.02 Å². The number of nitrogens with zero attached hydrogens (tertiary/aromatic N) is 2. The van der Waals surface area contributed by atoms with Crippen LogP contribution in [-0.2, 0) is 10.0 Å². The summed E-state index contributed by atoms with van der Waals surface area (Å²) < 4.78 is 27.3. The summed E-state index contributed by atoms with van der Waals surface area (Å²) in [6.07, 6.45) is 2.88. The number of likely N-dealkylation sites (tertiary alicyclic amines) is 1. The summed E-state index contributed by atoms with van der Waals surface area (Å²) in [5.74, 6) is 0.208. The molecule has 1 amide bonds. The molecule has 0 saturated carbocycles. The minimum atomic E-state index is -3.67. The minimum absolute atomic E-state index is 0.0413. The Morgan fingerprint density at radius 2 is 1.96 bits per heavy atom. The largest absolute Gasteiger partial charge is 0.339 e. The van der Waals surface area contributed by atoms with Gasteiger partial charge in [0.05, 0.1) is 5.02 Å². The lowest BCUT2D eigenvalue weighted by Crippen LogP contribution is -2.42. The van der Waals surface area contributed by atoms with Gasteiger partial charge in [0.15, 0.2) is 0 Å². The monoisotopic (exact) mass is 356 g/mol.